The van der Waals surface area contributed by atoms with Gasteiger partial charge in [-0.25, -0.2) is 5.10 Å². The summed E-state index contributed by atoms with van der Waals surface area (Å²) in [6, 6.07) is 12.6. The third-order valence-corrected chi connectivity index (χ3v) is 4.10. The number of benzene rings is 2. The van der Waals surface area contributed by atoms with Crippen LogP contribution in [-0.2, 0) is 4.79 Å². The fourth-order valence-electron chi connectivity index (χ4n) is 2.58. The maximum Gasteiger partial charge on any atom is 0.308 e. The molecule has 0 radical (unpaired) electrons. The molecule has 0 fully saturated rings. The topological polar surface area (TPSA) is 90.7 Å². The van der Waals surface area contributed by atoms with E-state index in [9.17, 15) is 4.79 Å². The summed E-state index contributed by atoms with van der Waals surface area (Å²) in [6.07, 6.45) is 1.61. The van der Waals surface area contributed by atoms with E-state index in [4.69, 9.17) is 26.4 Å². The van der Waals surface area contributed by atoms with Crippen LogP contribution in [0.25, 0.3) is 11.4 Å². The van der Waals surface area contributed by atoms with E-state index in [0.29, 0.717) is 28.7 Å². The van der Waals surface area contributed by atoms with Crippen molar-refractivity contribution in [1.29, 1.82) is 0 Å². The molecule has 9 heteroatoms. The van der Waals surface area contributed by atoms with Crippen LogP contribution in [0.2, 0.25) is 0 Å². The second-order valence-electron chi connectivity index (χ2n) is 5.87. The van der Waals surface area contributed by atoms with Gasteiger partial charge in [0.05, 0.1) is 19.9 Å². The number of esters is 1. The summed E-state index contributed by atoms with van der Waals surface area (Å²) in [6.45, 7) is 3.86. The van der Waals surface area contributed by atoms with E-state index in [-0.39, 0.29) is 0 Å². The lowest BCUT2D eigenvalue weighted by molar-refractivity contribution is -0.132. The van der Waals surface area contributed by atoms with E-state index >= 15 is 0 Å². The first kappa shape index (κ1) is 20.3. The fraction of sp³-hybridized carbons (Fsp3) is 0.200. The Hall–Kier alpha value is -3.46. The first-order valence-electron chi connectivity index (χ1n) is 8.83. The van der Waals surface area contributed by atoms with E-state index in [1.807, 2.05) is 31.2 Å². The molecule has 3 aromatic rings. The largest absolute Gasteiger partial charge is 0.494 e. The molecule has 0 spiro atoms. The first-order chi connectivity index (χ1) is 14.0. The van der Waals surface area contributed by atoms with Crippen LogP contribution >= 0.6 is 12.2 Å². The highest BCUT2D eigenvalue weighted by Crippen LogP contribution is 2.28. The zero-order chi connectivity index (χ0) is 20.8. The predicted molar refractivity (Wildman–Crippen MR) is 111 cm³/mol. The van der Waals surface area contributed by atoms with Gasteiger partial charge in [0.25, 0.3) is 0 Å². The number of hydrogen-bond donors (Lipinski definition) is 1. The number of ether oxygens (including phenoxy) is 3. The molecule has 1 heterocycles. The molecule has 0 aliphatic heterocycles. The maximum absolute atomic E-state index is 11.2. The Morgan fingerprint density at radius 1 is 1.24 bits per heavy atom. The molecular formula is C20H20N4O4S. The first-order valence-corrected chi connectivity index (χ1v) is 9.24. The number of aromatic amines is 1. The van der Waals surface area contributed by atoms with Crippen molar-refractivity contribution in [3.8, 4) is 28.6 Å². The van der Waals surface area contributed by atoms with Gasteiger partial charge in [0.1, 0.15) is 5.75 Å². The zero-order valence-corrected chi connectivity index (χ0v) is 17.0. The number of hydrogen-bond acceptors (Lipinski definition) is 7. The van der Waals surface area contributed by atoms with Crippen LogP contribution in [0.4, 0.5) is 0 Å². The number of rotatable bonds is 7. The number of carbonyl (C=O) groups excluding carboxylic acids is 1. The quantitative estimate of drug-likeness (QED) is 0.275. The van der Waals surface area contributed by atoms with Crippen LogP contribution in [0, 0.1) is 4.77 Å². The molecular weight excluding hydrogens is 392 g/mol. The van der Waals surface area contributed by atoms with Gasteiger partial charge in [0.15, 0.2) is 17.3 Å². The van der Waals surface area contributed by atoms with Crippen molar-refractivity contribution in [3.63, 3.8) is 0 Å². The Balaban J connectivity index is 1.89. The molecule has 1 aromatic heterocycles. The highest BCUT2D eigenvalue weighted by Gasteiger charge is 2.10. The molecule has 0 bridgehead atoms. The third kappa shape index (κ3) is 4.88. The molecule has 0 unspecified atom stereocenters. The smallest absolute Gasteiger partial charge is 0.308 e. The van der Waals surface area contributed by atoms with Gasteiger partial charge in [-0.05, 0) is 67.2 Å². The van der Waals surface area contributed by atoms with Crippen molar-refractivity contribution in [1.82, 2.24) is 14.9 Å². The van der Waals surface area contributed by atoms with E-state index in [1.54, 1.807) is 24.4 Å². The number of nitrogens with one attached hydrogen (secondary N) is 1. The van der Waals surface area contributed by atoms with Gasteiger partial charge in [-0.1, -0.05) is 0 Å². The summed E-state index contributed by atoms with van der Waals surface area (Å²) >= 11 is 5.30. The molecule has 150 valence electrons. The van der Waals surface area contributed by atoms with Crippen LogP contribution in [0.3, 0.4) is 0 Å². The van der Waals surface area contributed by atoms with Crippen LogP contribution in [0.5, 0.6) is 17.2 Å². The summed E-state index contributed by atoms with van der Waals surface area (Å²) in [4.78, 5) is 11.2. The highest BCUT2D eigenvalue weighted by molar-refractivity contribution is 7.71. The molecule has 1 N–H and O–H groups in total. The SMILES string of the molecule is CCOc1ccc(-c2n[nH]c(=S)n2N=Cc2ccc(OC(C)=O)c(OC)c2)cc1. The standard InChI is InChI=1S/C20H20N4O4S/c1-4-27-16-8-6-15(7-9-16)19-22-23-20(29)24(19)21-12-14-5-10-17(28-13(2)25)18(11-14)26-3/h5-12H,4H2,1-3H3,(H,23,29). The lowest BCUT2D eigenvalue weighted by Crippen LogP contribution is -2.03. The van der Waals surface area contributed by atoms with Crippen molar-refractivity contribution in [2.45, 2.75) is 13.8 Å². The van der Waals surface area contributed by atoms with Gasteiger partial charge in [-0.2, -0.15) is 14.9 Å². The van der Waals surface area contributed by atoms with Gasteiger partial charge in [0.2, 0.25) is 4.77 Å². The number of nitrogens with zero attached hydrogens (tertiary/aromatic N) is 3. The third-order valence-electron chi connectivity index (χ3n) is 3.84. The van der Waals surface area contributed by atoms with Crippen molar-refractivity contribution >= 4 is 24.4 Å². The van der Waals surface area contributed by atoms with E-state index in [2.05, 4.69) is 15.3 Å². The van der Waals surface area contributed by atoms with Gasteiger partial charge in [-0.3, -0.25) is 4.79 Å². The van der Waals surface area contributed by atoms with Gasteiger partial charge < -0.3 is 14.2 Å². The van der Waals surface area contributed by atoms with E-state index in [1.165, 1.54) is 18.7 Å². The average molecular weight is 412 g/mol. The van der Waals surface area contributed by atoms with Gasteiger partial charge >= 0.3 is 5.97 Å². The number of H-pyrrole nitrogens is 1. The summed E-state index contributed by atoms with van der Waals surface area (Å²) in [5.41, 5.74) is 1.57. The summed E-state index contributed by atoms with van der Waals surface area (Å²) < 4.78 is 17.7. The van der Waals surface area contributed by atoms with Crippen molar-refractivity contribution in [2.75, 3.05) is 13.7 Å². The lowest BCUT2D eigenvalue weighted by atomic mass is 10.2. The Morgan fingerprint density at radius 3 is 2.66 bits per heavy atom. The van der Waals surface area contributed by atoms with E-state index in [0.717, 1.165) is 16.9 Å². The molecule has 0 atom stereocenters. The molecule has 0 aliphatic rings. The maximum atomic E-state index is 11.2. The lowest BCUT2D eigenvalue weighted by Gasteiger charge is -2.08. The van der Waals surface area contributed by atoms with Gasteiger partial charge in [-0.15, -0.1) is 0 Å². The summed E-state index contributed by atoms with van der Waals surface area (Å²) in [5, 5.41) is 11.5. The predicted octanol–water partition coefficient (Wildman–Crippen LogP) is 3.82. The molecule has 3 rings (SSSR count). The minimum atomic E-state index is -0.422. The Kier molecular flexibility index (Phi) is 6.40. The Morgan fingerprint density at radius 2 is 2.00 bits per heavy atom. The monoisotopic (exact) mass is 412 g/mol. The molecule has 0 saturated carbocycles. The van der Waals surface area contributed by atoms with Crippen LogP contribution in [-0.4, -0.2) is 40.8 Å². The van der Waals surface area contributed by atoms with Crippen LogP contribution < -0.4 is 14.2 Å². The van der Waals surface area contributed by atoms with Crippen molar-refractivity contribution < 1.29 is 19.0 Å². The van der Waals surface area contributed by atoms with E-state index < -0.39 is 5.97 Å². The number of aromatic nitrogens is 3. The van der Waals surface area contributed by atoms with Crippen molar-refractivity contribution in [3.05, 3.63) is 52.8 Å². The minimum absolute atomic E-state index is 0.340. The molecule has 0 saturated heterocycles. The second-order valence-corrected chi connectivity index (χ2v) is 6.26. The van der Waals surface area contributed by atoms with Crippen LogP contribution in [0.1, 0.15) is 19.4 Å². The van der Waals surface area contributed by atoms with Crippen LogP contribution in [0.15, 0.2) is 47.6 Å². The van der Waals surface area contributed by atoms with Crippen molar-refractivity contribution in [2.24, 2.45) is 5.10 Å². The Bertz CT molecular complexity index is 1090. The summed E-state index contributed by atoms with van der Waals surface area (Å²) in [7, 11) is 1.50. The Labute approximate surface area is 172 Å². The summed E-state index contributed by atoms with van der Waals surface area (Å²) in [5.74, 6) is 1.69. The fourth-order valence-corrected chi connectivity index (χ4v) is 2.76. The van der Waals surface area contributed by atoms with Gasteiger partial charge in [0, 0.05) is 12.5 Å². The second kappa shape index (κ2) is 9.16. The minimum Gasteiger partial charge on any atom is -0.494 e. The molecule has 0 amide bonds. The zero-order valence-electron chi connectivity index (χ0n) is 16.2. The molecule has 8 nitrogen and oxygen atoms in total. The average Bonchev–Trinajstić information content (AvgIpc) is 3.08. The number of methoxy groups -OCH3 is 1. The number of carbonyl (C=O) groups is 1. The molecule has 29 heavy (non-hydrogen) atoms. The molecule has 2 aromatic carbocycles. The molecule has 0 aliphatic carbocycles. The highest BCUT2D eigenvalue weighted by atomic mass is 32.1. The normalized spacial score (nSPS) is 10.9.